The number of benzene rings is 2. The van der Waals surface area contributed by atoms with Gasteiger partial charge in [-0.25, -0.2) is 0 Å². The van der Waals surface area contributed by atoms with Crippen LogP contribution in [0.25, 0.3) is 0 Å². The van der Waals surface area contributed by atoms with Gasteiger partial charge in [-0.05, 0) is 43.2 Å². The fourth-order valence-electron chi connectivity index (χ4n) is 2.89. The number of primary amides is 1. The highest BCUT2D eigenvalue weighted by Gasteiger charge is 2.19. The molecule has 27 heavy (non-hydrogen) atoms. The zero-order chi connectivity index (χ0) is 19.2. The Kier molecular flexibility index (Phi) is 6.36. The van der Waals surface area contributed by atoms with Crippen molar-refractivity contribution < 1.29 is 19.1 Å². The lowest BCUT2D eigenvalue weighted by Gasteiger charge is -2.14. The number of thioether (sulfide) groups is 1. The molecule has 0 aromatic heterocycles. The normalized spacial score (nSPS) is 16.1. The maximum Gasteiger partial charge on any atom is 0.256 e. The maximum atomic E-state index is 12.9. The van der Waals surface area contributed by atoms with Crippen molar-refractivity contribution in [3.05, 3.63) is 53.6 Å². The Hall–Kier alpha value is -2.51. The van der Waals surface area contributed by atoms with Crippen molar-refractivity contribution in [1.82, 2.24) is 0 Å². The summed E-state index contributed by atoms with van der Waals surface area (Å²) in [6.07, 6.45) is 2.38. The first-order chi connectivity index (χ1) is 13.1. The average molecular weight is 386 g/mol. The zero-order valence-corrected chi connectivity index (χ0v) is 15.9. The standard InChI is InChI=1S/C20H22N2O4S/c1-25-17-9-8-13(19(21)23)11-16(17)22-20(24)15-6-2-3-7-18(15)27-12-14-5-4-10-26-14/h2-3,6-9,11,14H,4-5,10,12H2,1H3,(H2,21,23)(H,22,24). The van der Waals surface area contributed by atoms with E-state index < -0.39 is 5.91 Å². The number of methoxy groups -OCH3 is 1. The third-order valence-corrected chi connectivity index (χ3v) is 5.52. The van der Waals surface area contributed by atoms with E-state index in [0.717, 1.165) is 30.1 Å². The van der Waals surface area contributed by atoms with Crippen LogP contribution < -0.4 is 15.8 Å². The molecule has 0 radical (unpaired) electrons. The minimum absolute atomic E-state index is 0.235. The largest absolute Gasteiger partial charge is 0.495 e. The highest BCUT2D eigenvalue weighted by Crippen LogP contribution is 2.29. The lowest BCUT2D eigenvalue weighted by atomic mass is 10.1. The van der Waals surface area contributed by atoms with E-state index in [1.54, 1.807) is 30.0 Å². The van der Waals surface area contributed by atoms with Gasteiger partial charge in [-0.3, -0.25) is 9.59 Å². The molecule has 1 aliphatic rings. The van der Waals surface area contributed by atoms with E-state index in [1.807, 2.05) is 18.2 Å². The Bertz CT molecular complexity index is 834. The molecule has 3 N–H and O–H groups in total. The van der Waals surface area contributed by atoms with Gasteiger partial charge in [0.25, 0.3) is 5.91 Å². The van der Waals surface area contributed by atoms with Crippen LogP contribution in [0.5, 0.6) is 5.75 Å². The van der Waals surface area contributed by atoms with Crippen molar-refractivity contribution in [2.45, 2.75) is 23.8 Å². The summed E-state index contributed by atoms with van der Waals surface area (Å²) in [5.74, 6) is 0.425. The smallest absolute Gasteiger partial charge is 0.256 e. The fourth-order valence-corrected chi connectivity index (χ4v) is 4.01. The number of amides is 2. The Balaban J connectivity index is 1.78. The summed E-state index contributed by atoms with van der Waals surface area (Å²) in [5, 5.41) is 2.83. The van der Waals surface area contributed by atoms with Crippen LogP contribution in [0.1, 0.15) is 33.6 Å². The molecule has 0 aliphatic carbocycles. The summed E-state index contributed by atoms with van der Waals surface area (Å²) in [4.78, 5) is 25.2. The van der Waals surface area contributed by atoms with Gasteiger partial charge in [-0.2, -0.15) is 0 Å². The van der Waals surface area contributed by atoms with Gasteiger partial charge in [0.1, 0.15) is 5.75 Å². The quantitative estimate of drug-likeness (QED) is 0.713. The first-order valence-electron chi connectivity index (χ1n) is 8.71. The number of carbonyl (C=O) groups excluding carboxylic acids is 2. The molecule has 1 unspecified atom stereocenters. The molecule has 0 spiro atoms. The second-order valence-corrected chi connectivity index (χ2v) is 7.24. The third kappa shape index (κ3) is 4.81. The van der Waals surface area contributed by atoms with Gasteiger partial charge in [0, 0.05) is 22.8 Å². The predicted molar refractivity (Wildman–Crippen MR) is 106 cm³/mol. The van der Waals surface area contributed by atoms with E-state index in [9.17, 15) is 9.59 Å². The molecule has 0 bridgehead atoms. The molecule has 1 aliphatic heterocycles. The van der Waals surface area contributed by atoms with E-state index in [4.69, 9.17) is 15.2 Å². The zero-order valence-electron chi connectivity index (χ0n) is 15.1. The second kappa shape index (κ2) is 8.92. The number of nitrogens with two attached hydrogens (primary N) is 1. The van der Waals surface area contributed by atoms with E-state index in [0.29, 0.717) is 22.6 Å². The van der Waals surface area contributed by atoms with Crippen LogP contribution >= 0.6 is 11.8 Å². The van der Waals surface area contributed by atoms with Crippen LogP contribution in [-0.4, -0.2) is 37.4 Å². The highest BCUT2D eigenvalue weighted by molar-refractivity contribution is 7.99. The minimum atomic E-state index is -0.569. The van der Waals surface area contributed by atoms with Crippen LogP contribution in [0.2, 0.25) is 0 Å². The Morgan fingerprint density at radius 1 is 1.30 bits per heavy atom. The number of hydrogen-bond acceptors (Lipinski definition) is 5. The van der Waals surface area contributed by atoms with Gasteiger partial charge in [0.2, 0.25) is 5.91 Å². The van der Waals surface area contributed by atoms with Crippen molar-refractivity contribution in [3.8, 4) is 5.75 Å². The lowest BCUT2D eigenvalue weighted by Crippen LogP contribution is -2.16. The molecule has 1 atom stereocenters. The molecule has 7 heteroatoms. The third-order valence-electron chi connectivity index (χ3n) is 4.31. The molecule has 0 saturated carbocycles. The Morgan fingerprint density at radius 3 is 2.81 bits per heavy atom. The number of rotatable bonds is 7. The summed E-state index contributed by atoms with van der Waals surface area (Å²) in [6.45, 7) is 0.809. The van der Waals surface area contributed by atoms with E-state index >= 15 is 0 Å². The second-order valence-electron chi connectivity index (χ2n) is 6.18. The SMILES string of the molecule is COc1ccc(C(N)=O)cc1NC(=O)c1ccccc1SCC1CCCO1. The van der Waals surface area contributed by atoms with Gasteiger partial charge in [0.15, 0.2) is 0 Å². The van der Waals surface area contributed by atoms with Crippen LogP contribution in [0.4, 0.5) is 5.69 Å². The van der Waals surface area contributed by atoms with Crippen molar-refractivity contribution in [3.63, 3.8) is 0 Å². The molecule has 2 aromatic carbocycles. The fraction of sp³-hybridized carbons (Fsp3) is 0.300. The summed E-state index contributed by atoms with van der Waals surface area (Å²) in [6, 6.07) is 12.1. The monoisotopic (exact) mass is 386 g/mol. The highest BCUT2D eigenvalue weighted by atomic mass is 32.2. The van der Waals surface area contributed by atoms with Crippen LogP contribution in [-0.2, 0) is 4.74 Å². The van der Waals surface area contributed by atoms with Gasteiger partial charge >= 0.3 is 0 Å². The first-order valence-corrected chi connectivity index (χ1v) is 9.69. The minimum Gasteiger partial charge on any atom is -0.495 e. The molecule has 2 amide bonds. The number of carbonyl (C=O) groups is 2. The first kappa shape index (κ1) is 19.3. The maximum absolute atomic E-state index is 12.9. The van der Waals surface area contributed by atoms with Crippen molar-refractivity contribution in [1.29, 1.82) is 0 Å². The van der Waals surface area contributed by atoms with Crippen molar-refractivity contribution in [2.24, 2.45) is 5.73 Å². The van der Waals surface area contributed by atoms with Crippen LogP contribution in [0.3, 0.4) is 0 Å². The Morgan fingerprint density at radius 2 is 2.11 bits per heavy atom. The lowest BCUT2D eigenvalue weighted by molar-refractivity contribution is 0.0995. The molecule has 1 saturated heterocycles. The molecule has 6 nitrogen and oxygen atoms in total. The number of ether oxygens (including phenoxy) is 2. The summed E-state index contributed by atoms with van der Waals surface area (Å²) in [7, 11) is 1.50. The Labute approximate surface area is 162 Å². The van der Waals surface area contributed by atoms with Gasteiger partial charge in [-0.15, -0.1) is 11.8 Å². The molecule has 1 heterocycles. The predicted octanol–water partition coefficient (Wildman–Crippen LogP) is 3.32. The van der Waals surface area contributed by atoms with E-state index in [1.165, 1.54) is 13.2 Å². The van der Waals surface area contributed by atoms with Crippen LogP contribution in [0, 0.1) is 0 Å². The topological polar surface area (TPSA) is 90.6 Å². The van der Waals surface area contributed by atoms with Gasteiger partial charge < -0.3 is 20.5 Å². The number of nitrogens with one attached hydrogen (secondary N) is 1. The van der Waals surface area contributed by atoms with E-state index in [-0.39, 0.29) is 12.0 Å². The molecular formula is C20H22N2O4S. The summed E-state index contributed by atoms with van der Waals surface area (Å²) in [5.41, 5.74) is 6.59. The van der Waals surface area contributed by atoms with Crippen molar-refractivity contribution in [2.75, 3.05) is 24.8 Å². The number of hydrogen-bond donors (Lipinski definition) is 2. The molecule has 2 aromatic rings. The molecule has 142 valence electrons. The van der Waals surface area contributed by atoms with Crippen molar-refractivity contribution >= 4 is 29.3 Å². The average Bonchev–Trinajstić information content (AvgIpc) is 3.20. The van der Waals surface area contributed by atoms with Gasteiger partial charge in [0.05, 0.1) is 24.5 Å². The van der Waals surface area contributed by atoms with Gasteiger partial charge in [-0.1, -0.05) is 12.1 Å². The summed E-state index contributed by atoms with van der Waals surface area (Å²) < 4.78 is 10.9. The molecular weight excluding hydrogens is 364 g/mol. The van der Waals surface area contributed by atoms with Crippen LogP contribution in [0.15, 0.2) is 47.4 Å². The van der Waals surface area contributed by atoms with E-state index in [2.05, 4.69) is 5.32 Å². The summed E-state index contributed by atoms with van der Waals surface area (Å²) >= 11 is 1.61. The number of anilines is 1. The molecule has 1 fully saturated rings. The molecule has 3 rings (SSSR count).